The monoisotopic (exact) mass is 237 g/mol. The van der Waals surface area contributed by atoms with Crippen LogP contribution in [0.3, 0.4) is 0 Å². The number of nitrogens with zero attached hydrogens (tertiary/aromatic N) is 5. The molecule has 0 saturated heterocycles. The summed E-state index contributed by atoms with van der Waals surface area (Å²) in [6, 6.07) is 7.65. The first kappa shape index (κ1) is 10.5. The molecule has 0 unspecified atom stereocenters. The second kappa shape index (κ2) is 3.70. The van der Waals surface area contributed by atoms with Gasteiger partial charge in [-0.05, 0) is 18.2 Å². The Morgan fingerprint density at radius 1 is 1.28 bits per heavy atom. The third-order valence-electron chi connectivity index (χ3n) is 3.06. The van der Waals surface area contributed by atoms with Crippen molar-refractivity contribution in [3.8, 4) is 17.6 Å². The van der Waals surface area contributed by atoms with Crippen LogP contribution in [-0.4, -0.2) is 19.1 Å². The van der Waals surface area contributed by atoms with E-state index in [4.69, 9.17) is 5.26 Å². The standard InChI is InChI=1S/C13H11N5/c1-17-8-15-7-12(17)13-16-10-5-9(6-14)3-4-11(10)18(13)2/h3-5,7-8H,1-2H3. The maximum atomic E-state index is 8.90. The highest BCUT2D eigenvalue weighted by Gasteiger charge is 2.12. The molecule has 0 atom stereocenters. The van der Waals surface area contributed by atoms with Crippen molar-refractivity contribution >= 4 is 11.0 Å². The molecule has 5 heteroatoms. The van der Waals surface area contributed by atoms with Crippen molar-refractivity contribution in [1.82, 2.24) is 19.1 Å². The molecule has 1 aromatic carbocycles. The average molecular weight is 237 g/mol. The summed E-state index contributed by atoms with van der Waals surface area (Å²) < 4.78 is 3.93. The van der Waals surface area contributed by atoms with Gasteiger partial charge in [-0.25, -0.2) is 9.97 Å². The number of benzene rings is 1. The number of fused-ring (bicyclic) bond motifs is 1. The lowest BCUT2D eigenvalue weighted by molar-refractivity contribution is 0.881. The van der Waals surface area contributed by atoms with Crippen molar-refractivity contribution in [1.29, 1.82) is 5.26 Å². The zero-order valence-electron chi connectivity index (χ0n) is 10.1. The maximum absolute atomic E-state index is 8.90. The normalized spacial score (nSPS) is 10.7. The Hall–Kier alpha value is -2.61. The second-order valence-corrected chi connectivity index (χ2v) is 4.20. The van der Waals surface area contributed by atoms with Gasteiger partial charge in [0, 0.05) is 14.1 Å². The van der Waals surface area contributed by atoms with Gasteiger partial charge in [-0.2, -0.15) is 5.26 Å². The van der Waals surface area contributed by atoms with Crippen molar-refractivity contribution in [2.24, 2.45) is 14.1 Å². The molecule has 2 aromatic heterocycles. The highest BCUT2D eigenvalue weighted by Crippen LogP contribution is 2.23. The van der Waals surface area contributed by atoms with E-state index in [0.717, 1.165) is 22.6 Å². The van der Waals surface area contributed by atoms with Crippen molar-refractivity contribution in [2.75, 3.05) is 0 Å². The van der Waals surface area contributed by atoms with Crippen LogP contribution in [0.2, 0.25) is 0 Å². The van der Waals surface area contributed by atoms with E-state index in [1.54, 1.807) is 24.7 Å². The van der Waals surface area contributed by atoms with Crippen LogP contribution in [0.15, 0.2) is 30.7 Å². The number of rotatable bonds is 1. The molecule has 0 aliphatic rings. The molecule has 0 amide bonds. The van der Waals surface area contributed by atoms with Crippen LogP contribution in [0.4, 0.5) is 0 Å². The van der Waals surface area contributed by atoms with Crippen LogP contribution < -0.4 is 0 Å². The number of imidazole rings is 2. The minimum Gasteiger partial charge on any atom is -0.331 e. The lowest BCUT2D eigenvalue weighted by Gasteiger charge is -2.02. The molecule has 5 nitrogen and oxygen atoms in total. The summed E-state index contributed by atoms with van der Waals surface area (Å²) in [5, 5.41) is 8.90. The predicted molar refractivity (Wildman–Crippen MR) is 67.6 cm³/mol. The Morgan fingerprint density at radius 2 is 2.11 bits per heavy atom. The van der Waals surface area contributed by atoms with Crippen molar-refractivity contribution in [3.05, 3.63) is 36.3 Å². The zero-order chi connectivity index (χ0) is 12.7. The fourth-order valence-corrected chi connectivity index (χ4v) is 2.07. The summed E-state index contributed by atoms with van der Waals surface area (Å²) >= 11 is 0. The molecule has 3 rings (SSSR count). The van der Waals surface area contributed by atoms with Crippen molar-refractivity contribution < 1.29 is 0 Å². The minimum absolute atomic E-state index is 0.622. The third-order valence-corrected chi connectivity index (χ3v) is 3.06. The highest BCUT2D eigenvalue weighted by molar-refractivity contribution is 5.81. The summed E-state index contributed by atoms with van der Waals surface area (Å²) in [6.07, 6.45) is 3.53. The summed E-state index contributed by atoms with van der Waals surface area (Å²) in [4.78, 5) is 8.68. The predicted octanol–water partition coefficient (Wildman–Crippen LogP) is 1.85. The van der Waals surface area contributed by atoms with Crippen LogP contribution in [0.1, 0.15) is 5.56 Å². The number of nitriles is 1. The molecule has 0 aliphatic heterocycles. The first-order valence-electron chi connectivity index (χ1n) is 5.54. The second-order valence-electron chi connectivity index (χ2n) is 4.20. The summed E-state index contributed by atoms with van der Waals surface area (Å²) in [5.74, 6) is 0.847. The summed E-state index contributed by atoms with van der Waals surface area (Å²) in [6.45, 7) is 0. The quantitative estimate of drug-likeness (QED) is 0.649. The molecular formula is C13H11N5. The lowest BCUT2D eigenvalue weighted by Crippen LogP contribution is -1.97. The van der Waals surface area contributed by atoms with Crippen LogP contribution >= 0.6 is 0 Å². The van der Waals surface area contributed by atoms with Gasteiger partial charge in [-0.3, -0.25) is 0 Å². The van der Waals surface area contributed by atoms with Crippen molar-refractivity contribution in [2.45, 2.75) is 0 Å². The van der Waals surface area contributed by atoms with Crippen molar-refractivity contribution in [3.63, 3.8) is 0 Å². The van der Waals surface area contributed by atoms with Crippen LogP contribution in [0, 0.1) is 11.3 Å². The van der Waals surface area contributed by atoms with Crippen LogP contribution in [-0.2, 0) is 14.1 Å². The van der Waals surface area contributed by atoms with Gasteiger partial charge in [0.25, 0.3) is 0 Å². The van der Waals surface area contributed by atoms with Crippen LogP contribution in [0.5, 0.6) is 0 Å². The molecule has 2 heterocycles. The molecule has 18 heavy (non-hydrogen) atoms. The maximum Gasteiger partial charge on any atom is 0.159 e. The summed E-state index contributed by atoms with van der Waals surface area (Å²) in [5.41, 5.74) is 3.40. The number of hydrogen-bond donors (Lipinski definition) is 0. The lowest BCUT2D eigenvalue weighted by atomic mass is 10.2. The Morgan fingerprint density at radius 3 is 2.78 bits per heavy atom. The van der Waals surface area contributed by atoms with Gasteiger partial charge >= 0.3 is 0 Å². The van der Waals surface area contributed by atoms with E-state index in [1.165, 1.54) is 0 Å². The van der Waals surface area contributed by atoms with E-state index in [2.05, 4.69) is 16.0 Å². The van der Waals surface area contributed by atoms with Gasteiger partial charge in [0.05, 0.1) is 35.2 Å². The first-order valence-corrected chi connectivity index (χ1v) is 5.54. The van der Waals surface area contributed by atoms with E-state index < -0.39 is 0 Å². The molecule has 3 aromatic rings. The van der Waals surface area contributed by atoms with Gasteiger partial charge in [0.2, 0.25) is 0 Å². The van der Waals surface area contributed by atoms with Gasteiger partial charge < -0.3 is 9.13 Å². The summed E-state index contributed by atoms with van der Waals surface area (Å²) in [7, 11) is 3.89. The Bertz CT molecular complexity index is 772. The topological polar surface area (TPSA) is 59.4 Å². The highest BCUT2D eigenvalue weighted by atomic mass is 15.1. The molecule has 0 fully saturated rings. The van der Waals surface area contributed by atoms with Crippen LogP contribution in [0.25, 0.3) is 22.6 Å². The Balaban J connectivity index is 2.30. The molecule has 88 valence electrons. The first-order chi connectivity index (χ1) is 8.70. The molecule has 0 radical (unpaired) electrons. The number of hydrogen-bond acceptors (Lipinski definition) is 3. The SMILES string of the molecule is Cn1cncc1-c1nc2cc(C#N)ccc2n1C. The van der Waals surface area contributed by atoms with E-state index in [9.17, 15) is 0 Å². The smallest absolute Gasteiger partial charge is 0.159 e. The third kappa shape index (κ3) is 1.39. The van der Waals surface area contributed by atoms with E-state index in [-0.39, 0.29) is 0 Å². The fraction of sp³-hybridized carbons (Fsp3) is 0.154. The molecule has 0 spiro atoms. The average Bonchev–Trinajstić information content (AvgIpc) is 2.93. The largest absolute Gasteiger partial charge is 0.331 e. The Labute approximate surface area is 104 Å². The molecule has 0 aliphatic carbocycles. The van der Waals surface area contributed by atoms with Gasteiger partial charge in [-0.15, -0.1) is 0 Å². The fourth-order valence-electron chi connectivity index (χ4n) is 2.07. The number of aryl methyl sites for hydroxylation is 2. The van der Waals surface area contributed by atoms with E-state index in [0.29, 0.717) is 5.56 Å². The van der Waals surface area contributed by atoms with Gasteiger partial charge in [0.1, 0.15) is 5.69 Å². The molecule has 0 bridgehead atoms. The molecule has 0 N–H and O–H groups in total. The number of aromatic nitrogens is 4. The molecular weight excluding hydrogens is 226 g/mol. The molecule has 0 saturated carbocycles. The van der Waals surface area contributed by atoms with E-state index >= 15 is 0 Å². The van der Waals surface area contributed by atoms with E-state index in [1.807, 2.05) is 29.3 Å². The van der Waals surface area contributed by atoms with Gasteiger partial charge in [0.15, 0.2) is 5.82 Å². The minimum atomic E-state index is 0.622. The van der Waals surface area contributed by atoms with Gasteiger partial charge in [-0.1, -0.05) is 0 Å². The zero-order valence-corrected chi connectivity index (χ0v) is 10.1. The Kier molecular flexibility index (Phi) is 2.17.